The SMILES string of the molecule is O=C(c1nc2ccc(S(=O)(=O)O)cc2s1)c1nc2ccc(S(=O)(=O)O)cc2s1. The van der Waals surface area contributed by atoms with Gasteiger partial charge in [-0.1, -0.05) is 0 Å². The van der Waals surface area contributed by atoms with E-state index >= 15 is 0 Å². The van der Waals surface area contributed by atoms with Crippen LogP contribution in [0.15, 0.2) is 46.2 Å². The van der Waals surface area contributed by atoms with Crippen LogP contribution in [0.25, 0.3) is 20.4 Å². The number of thiazole rings is 2. The van der Waals surface area contributed by atoms with Gasteiger partial charge < -0.3 is 0 Å². The molecule has 0 saturated carbocycles. The Labute approximate surface area is 165 Å². The summed E-state index contributed by atoms with van der Waals surface area (Å²) in [6.45, 7) is 0. The van der Waals surface area contributed by atoms with Crippen LogP contribution < -0.4 is 0 Å². The Morgan fingerprint density at radius 2 is 1.14 bits per heavy atom. The Hall–Kier alpha value is -2.29. The van der Waals surface area contributed by atoms with E-state index in [9.17, 15) is 21.6 Å². The van der Waals surface area contributed by atoms with Crippen LogP contribution in [-0.2, 0) is 20.2 Å². The first-order valence-corrected chi connectivity index (χ1v) is 11.8. The first kappa shape index (κ1) is 19.0. The first-order valence-electron chi connectivity index (χ1n) is 7.33. The monoisotopic (exact) mass is 456 g/mol. The molecule has 4 aromatic rings. The van der Waals surface area contributed by atoms with Crippen LogP contribution in [0.1, 0.15) is 14.8 Å². The van der Waals surface area contributed by atoms with Crippen molar-refractivity contribution in [2.45, 2.75) is 9.79 Å². The second-order valence-corrected chi connectivity index (χ2v) is 10.5. The molecular weight excluding hydrogens is 448 g/mol. The van der Waals surface area contributed by atoms with E-state index in [2.05, 4.69) is 9.97 Å². The number of hydrogen-bond donors (Lipinski definition) is 2. The van der Waals surface area contributed by atoms with E-state index in [1.807, 2.05) is 0 Å². The molecule has 0 fully saturated rings. The molecule has 2 N–H and O–H groups in total. The molecule has 13 heteroatoms. The summed E-state index contributed by atoms with van der Waals surface area (Å²) in [6.07, 6.45) is 0. The average Bonchev–Trinajstić information content (AvgIpc) is 3.22. The van der Waals surface area contributed by atoms with Gasteiger partial charge in [0.2, 0.25) is 5.78 Å². The molecule has 0 atom stereocenters. The molecule has 9 nitrogen and oxygen atoms in total. The molecule has 0 bridgehead atoms. The molecule has 4 rings (SSSR count). The molecule has 2 heterocycles. The zero-order valence-electron chi connectivity index (χ0n) is 13.4. The van der Waals surface area contributed by atoms with Crippen molar-refractivity contribution >= 4 is 69.1 Å². The third-order valence-corrected chi connectivity index (χ3v) is 7.44. The van der Waals surface area contributed by atoms with E-state index in [-0.39, 0.29) is 19.8 Å². The van der Waals surface area contributed by atoms with E-state index in [1.54, 1.807) is 0 Å². The summed E-state index contributed by atoms with van der Waals surface area (Å²) < 4.78 is 64.0. The second kappa shape index (κ2) is 6.37. The third kappa shape index (κ3) is 3.43. The maximum Gasteiger partial charge on any atom is 0.294 e. The van der Waals surface area contributed by atoms with Gasteiger partial charge in [-0.2, -0.15) is 16.8 Å². The molecule has 0 unspecified atom stereocenters. The lowest BCUT2D eigenvalue weighted by Gasteiger charge is -1.94. The van der Waals surface area contributed by atoms with Crippen LogP contribution in [0, 0.1) is 0 Å². The van der Waals surface area contributed by atoms with E-state index in [1.165, 1.54) is 36.4 Å². The Morgan fingerprint density at radius 3 is 1.50 bits per heavy atom. The highest BCUT2D eigenvalue weighted by Gasteiger charge is 2.21. The van der Waals surface area contributed by atoms with Crippen LogP contribution in [0.3, 0.4) is 0 Å². The molecular formula is C15H8N2O7S4. The third-order valence-electron chi connectivity index (χ3n) is 3.70. The van der Waals surface area contributed by atoms with Crippen LogP contribution in [0.5, 0.6) is 0 Å². The number of carbonyl (C=O) groups excluding carboxylic acids is 1. The molecule has 2 aromatic carbocycles. The van der Waals surface area contributed by atoms with Crippen molar-refractivity contribution < 1.29 is 30.7 Å². The van der Waals surface area contributed by atoms with Crippen LogP contribution in [-0.4, -0.2) is 41.7 Å². The highest BCUT2D eigenvalue weighted by atomic mass is 32.2. The summed E-state index contributed by atoms with van der Waals surface area (Å²) in [4.78, 5) is 20.4. The van der Waals surface area contributed by atoms with E-state index < -0.39 is 26.0 Å². The minimum Gasteiger partial charge on any atom is -0.283 e. The molecule has 0 spiro atoms. The van der Waals surface area contributed by atoms with Gasteiger partial charge in [-0.25, -0.2) is 9.97 Å². The van der Waals surface area contributed by atoms with E-state index in [0.29, 0.717) is 20.4 Å². The lowest BCUT2D eigenvalue weighted by Crippen LogP contribution is -1.99. The topological polar surface area (TPSA) is 152 Å². The van der Waals surface area contributed by atoms with Crippen LogP contribution in [0.2, 0.25) is 0 Å². The van der Waals surface area contributed by atoms with Gasteiger partial charge in [0.15, 0.2) is 10.0 Å². The Kier molecular flexibility index (Phi) is 4.33. The lowest BCUT2D eigenvalue weighted by atomic mass is 10.3. The van der Waals surface area contributed by atoms with Crippen molar-refractivity contribution in [1.82, 2.24) is 9.97 Å². The standard InChI is InChI=1S/C15H8N2O7S4/c18-13(14-16-9-3-1-7(27(19,20)21)5-11(9)25-14)15-17-10-4-2-8(28(22,23)24)6-12(10)26-15/h1-6H,(H,19,20,21)(H,22,23,24). The van der Waals surface area contributed by atoms with Crippen molar-refractivity contribution in [1.29, 1.82) is 0 Å². The predicted molar refractivity (Wildman–Crippen MR) is 102 cm³/mol. The number of ketones is 1. The van der Waals surface area contributed by atoms with Gasteiger partial charge in [-0.05, 0) is 36.4 Å². The summed E-state index contributed by atoms with van der Waals surface area (Å²) in [5, 5.41) is 0.132. The maximum atomic E-state index is 12.7. The fourth-order valence-electron chi connectivity index (χ4n) is 2.42. The Bertz CT molecular complexity index is 1370. The van der Waals surface area contributed by atoms with Gasteiger partial charge in [0, 0.05) is 0 Å². The predicted octanol–water partition coefficient (Wildman–Crippen LogP) is 2.63. The average molecular weight is 457 g/mol. The van der Waals surface area contributed by atoms with Crippen LogP contribution >= 0.6 is 22.7 Å². The number of hydrogen-bond acceptors (Lipinski definition) is 9. The fraction of sp³-hybridized carbons (Fsp3) is 0. The minimum absolute atomic E-state index is 0.0662. The highest BCUT2D eigenvalue weighted by molar-refractivity contribution is 7.86. The normalized spacial score (nSPS) is 12.6. The number of fused-ring (bicyclic) bond motifs is 2. The smallest absolute Gasteiger partial charge is 0.283 e. The fourth-order valence-corrected chi connectivity index (χ4v) is 5.54. The van der Waals surface area contributed by atoms with Crippen molar-refractivity contribution in [2.24, 2.45) is 0 Å². The van der Waals surface area contributed by atoms with Gasteiger partial charge >= 0.3 is 0 Å². The van der Waals surface area contributed by atoms with Crippen molar-refractivity contribution in [3.63, 3.8) is 0 Å². The summed E-state index contributed by atoms with van der Waals surface area (Å²) >= 11 is 1.88. The van der Waals surface area contributed by atoms with E-state index in [4.69, 9.17) is 9.11 Å². The Morgan fingerprint density at radius 1 is 0.750 bits per heavy atom. The molecule has 0 aliphatic heterocycles. The maximum absolute atomic E-state index is 12.7. The molecule has 2 aromatic heterocycles. The quantitative estimate of drug-likeness (QED) is 0.349. The Balaban J connectivity index is 1.76. The summed E-state index contributed by atoms with van der Waals surface area (Å²) in [5.74, 6) is -0.510. The minimum atomic E-state index is -4.38. The first-order chi connectivity index (χ1) is 13.0. The second-order valence-electron chi connectivity index (χ2n) is 5.58. The summed E-state index contributed by atoms with van der Waals surface area (Å²) in [6, 6.07) is 7.55. The number of aromatic nitrogens is 2. The molecule has 28 heavy (non-hydrogen) atoms. The van der Waals surface area contributed by atoms with Gasteiger partial charge in [-0.15, -0.1) is 22.7 Å². The van der Waals surface area contributed by atoms with Gasteiger partial charge in [0.05, 0.1) is 30.2 Å². The summed E-state index contributed by atoms with van der Waals surface area (Å²) in [5.41, 5.74) is 0.769. The zero-order valence-corrected chi connectivity index (χ0v) is 16.7. The van der Waals surface area contributed by atoms with Gasteiger partial charge in [-0.3, -0.25) is 13.9 Å². The largest absolute Gasteiger partial charge is 0.294 e. The molecule has 0 amide bonds. The van der Waals surface area contributed by atoms with Gasteiger partial charge in [0.25, 0.3) is 20.2 Å². The van der Waals surface area contributed by atoms with Crippen molar-refractivity contribution in [3.8, 4) is 0 Å². The molecule has 0 aliphatic rings. The molecule has 0 radical (unpaired) electrons. The highest BCUT2D eigenvalue weighted by Crippen LogP contribution is 2.30. The zero-order chi connectivity index (χ0) is 20.3. The van der Waals surface area contributed by atoms with Crippen molar-refractivity contribution in [3.05, 3.63) is 46.4 Å². The number of nitrogens with zero attached hydrogens (tertiary/aromatic N) is 2. The molecule has 0 saturated heterocycles. The number of carbonyl (C=O) groups is 1. The van der Waals surface area contributed by atoms with Gasteiger partial charge in [0.1, 0.15) is 0 Å². The lowest BCUT2D eigenvalue weighted by molar-refractivity contribution is 0.103. The number of benzene rings is 2. The molecule has 144 valence electrons. The molecule has 0 aliphatic carbocycles. The van der Waals surface area contributed by atoms with E-state index in [0.717, 1.165) is 22.7 Å². The van der Waals surface area contributed by atoms with Crippen LogP contribution in [0.4, 0.5) is 0 Å². The number of rotatable bonds is 4. The summed E-state index contributed by atoms with van der Waals surface area (Å²) in [7, 11) is -8.75. The van der Waals surface area contributed by atoms with Crippen molar-refractivity contribution in [2.75, 3.05) is 0 Å².